The Kier molecular flexibility index (Phi) is 6.06. The Bertz CT molecular complexity index is 394. The van der Waals surface area contributed by atoms with E-state index in [0.29, 0.717) is 6.61 Å². The Morgan fingerprint density at radius 3 is 2.40 bits per heavy atom. The smallest absolute Gasteiger partial charge is 0.339 e. The highest BCUT2D eigenvalue weighted by molar-refractivity contribution is 5.76. The molecular formula is C17H24O3. The lowest BCUT2D eigenvalue weighted by molar-refractivity contribution is -0.161. The van der Waals surface area contributed by atoms with E-state index in [0.717, 1.165) is 18.4 Å². The molecule has 0 bridgehead atoms. The fourth-order valence-corrected chi connectivity index (χ4v) is 2.69. The van der Waals surface area contributed by atoms with Gasteiger partial charge in [0, 0.05) is 0 Å². The molecule has 3 nitrogen and oxygen atoms in total. The maximum atomic E-state index is 12.2. The number of ether oxygens (including phenoxy) is 2. The summed E-state index contributed by atoms with van der Waals surface area (Å²) in [6, 6.07) is 9.66. The highest BCUT2D eigenvalue weighted by Gasteiger charge is 2.26. The van der Waals surface area contributed by atoms with Crippen molar-refractivity contribution in [2.75, 3.05) is 6.61 Å². The Morgan fingerprint density at radius 2 is 1.80 bits per heavy atom. The number of rotatable bonds is 5. The van der Waals surface area contributed by atoms with E-state index >= 15 is 0 Å². The molecule has 1 aromatic rings. The Balaban J connectivity index is 2.07. The third-order valence-electron chi connectivity index (χ3n) is 3.73. The topological polar surface area (TPSA) is 35.5 Å². The molecule has 110 valence electrons. The number of hydrogen-bond acceptors (Lipinski definition) is 3. The zero-order valence-corrected chi connectivity index (χ0v) is 12.2. The molecule has 0 spiro atoms. The maximum absolute atomic E-state index is 12.2. The summed E-state index contributed by atoms with van der Waals surface area (Å²) in [5, 5.41) is 0. The second kappa shape index (κ2) is 8.05. The molecule has 1 fully saturated rings. The summed E-state index contributed by atoms with van der Waals surface area (Å²) in [6.45, 7) is 2.21. The molecule has 1 unspecified atom stereocenters. The Labute approximate surface area is 121 Å². The van der Waals surface area contributed by atoms with E-state index in [9.17, 15) is 4.79 Å². The number of carbonyl (C=O) groups excluding carboxylic acids is 1. The molecule has 3 heteroatoms. The second-order valence-electron chi connectivity index (χ2n) is 5.29. The van der Waals surface area contributed by atoms with Crippen molar-refractivity contribution in [1.29, 1.82) is 0 Å². The molecule has 0 aromatic heterocycles. The largest absolute Gasteiger partial charge is 0.464 e. The standard InChI is InChI=1S/C17H24O3/c1-2-19-17(18)16(14-10-6-5-7-11-14)20-15-12-8-3-4-9-13-15/h5-7,10-11,15-16H,2-4,8-9,12-13H2,1H3. The van der Waals surface area contributed by atoms with E-state index in [4.69, 9.17) is 9.47 Å². The van der Waals surface area contributed by atoms with Crippen LogP contribution in [-0.2, 0) is 14.3 Å². The molecule has 20 heavy (non-hydrogen) atoms. The normalized spacial score (nSPS) is 18.2. The first-order chi connectivity index (χ1) is 9.81. The van der Waals surface area contributed by atoms with Gasteiger partial charge in [-0.25, -0.2) is 4.79 Å². The third-order valence-corrected chi connectivity index (χ3v) is 3.73. The van der Waals surface area contributed by atoms with Crippen LogP contribution in [0.5, 0.6) is 0 Å². The molecule has 1 aliphatic carbocycles. The number of hydrogen-bond donors (Lipinski definition) is 0. The summed E-state index contributed by atoms with van der Waals surface area (Å²) in [7, 11) is 0. The van der Waals surface area contributed by atoms with E-state index in [1.165, 1.54) is 25.7 Å². The van der Waals surface area contributed by atoms with Crippen LogP contribution in [0.2, 0.25) is 0 Å². The van der Waals surface area contributed by atoms with E-state index in [1.54, 1.807) is 0 Å². The molecule has 1 atom stereocenters. The quantitative estimate of drug-likeness (QED) is 0.601. The summed E-state index contributed by atoms with van der Waals surface area (Å²) in [5.74, 6) is -0.275. The SMILES string of the molecule is CCOC(=O)C(OC1CCCCCC1)c1ccccc1. The van der Waals surface area contributed by atoms with Gasteiger partial charge in [0.2, 0.25) is 0 Å². The Hall–Kier alpha value is -1.35. The zero-order chi connectivity index (χ0) is 14.2. The summed E-state index contributed by atoms with van der Waals surface area (Å²) >= 11 is 0. The fourth-order valence-electron chi connectivity index (χ4n) is 2.69. The summed E-state index contributed by atoms with van der Waals surface area (Å²) < 4.78 is 11.3. The molecule has 0 amide bonds. The van der Waals surface area contributed by atoms with Gasteiger partial charge in [0.1, 0.15) is 0 Å². The molecule has 1 aliphatic rings. The van der Waals surface area contributed by atoms with Crippen LogP contribution >= 0.6 is 0 Å². The molecule has 0 aliphatic heterocycles. The van der Waals surface area contributed by atoms with Crippen molar-refractivity contribution in [3.05, 3.63) is 35.9 Å². The van der Waals surface area contributed by atoms with Gasteiger partial charge in [-0.15, -0.1) is 0 Å². The van der Waals surface area contributed by atoms with Crippen molar-refractivity contribution in [1.82, 2.24) is 0 Å². The molecule has 0 radical (unpaired) electrons. The first kappa shape index (κ1) is 15.0. The van der Waals surface area contributed by atoms with E-state index in [2.05, 4.69) is 0 Å². The third kappa shape index (κ3) is 4.34. The minimum Gasteiger partial charge on any atom is -0.464 e. The summed E-state index contributed by atoms with van der Waals surface area (Å²) in [6.07, 6.45) is 6.60. The molecular weight excluding hydrogens is 252 g/mol. The molecule has 0 saturated heterocycles. The van der Waals surface area contributed by atoms with Gasteiger partial charge in [0.05, 0.1) is 12.7 Å². The first-order valence-corrected chi connectivity index (χ1v) is 7.68. The lowest BCUT2D eigenvalue weighted by atomic mass is 10.1. The van der Waals surface area contributed by atoms with Gasteiger partial charge in [0.15, 0.2) is 6.10 Å². The fraction of sp³-hybridized carbons (Fsp3) is 0.588. The van der Waals surface area contributed by atoms with Gasteiger partial charge in [-0.1, -0.05) is 56.0 Å². The van der Waals surface area contributed by atoms with Gasteiger partial charge in [-0.05, 0) is 25.3 Å². The van der Waals surface area contributed by atoms with E-state index in [1.807, 2.05) is 37.3 Å². The van der Waals surface area contributed by atoms with Gasteiger partial charge in [0.25, 0.3) is 0 Å². The lowest BCUT2D eigenvalue weighted by Crippen LogP contribution is -2.24. The van der Waals surface area contributed by atoms with Gasteiger partial charge in [-0.2, -0.15) is 0 Å². The van der Waals surface area contributed by atoms with Gasteiger partial charge >= 0.3 is 5.97 Å². The monoisotopic (exact) mass is 276 g/mol. The van der Waals surface area contributed by atoms with Crippen molar-refractivity contribution in [2.24, 2.45) is 0 Å². The van der Waals surface area contributed by atoms with Crippen LogP contribution in [0.15, 0.2) is 30.3 Å². The minimum absolute atomic E-state index is 0.173. The molecule has 1 saturated carbocycles. The van der Waals surface area contributed by atoms with Gasteiger partial charge in [-0.3, -0.25) is 0 Å². The van der Waals surface area contributed by atoms with Crippen LogP contribution in [-0.4, -0.2) is 18.7 Å². The van der Waals surface area contributed by atoms with Crippen LogP contribution in [0, 0.1) is 0 Å². The highest BCUT2D eigenvalue weighted by Crippen LogP contribution is 2.27. The second-order valence-corrected chi connectivity index (χ2v) is 5.29. The Morgan fingerprint density at radius 1 is 1.15 bits per heavy atom. The van der Waals surface area contributed by atoms with Crippen LogP contribution in [0.25, 0.3) is 0 Å². The summed E-state index contributed by atoms with van der Waals surface area (Å²) in [5.41, 5.74) is 0.884. The maximum Gasteiger partial charge on any atom is 0.339 e. The van der Waals surface area contributed by atoms with Crippen molar-refractivity contribution in [3.63, 3.8) is 0 Å². The van der Waals surface area contributed by atoms with E-state index in [-0.39, 0.29) is 12.1 Å². The minimum atomic E-state index is -0.584. The van der Waals surface area contributed by atoms with Crippen LogP contribution in [0.3, 0.4) is 0 Å². The lowest BCUT2D eigenvalue weighted by Gasteiger charge is -2.23. The zero-order valence-electron chi connectivity index (χ0n) is 12.2. The molecule has 1 aromatic carbocycles. The van der Waals surface area contributed by atoms with Crippen LogP contribution < -0.4 is 0 Å². The van der Waals surface area contributed by atoms with Crippen molar-refractivity contribution >= 4 is 5.97 Å². The number of carbonyl (C=O) groups is 1. The van der Waals surface area contributed by atoms with Gasteiger partial charge < -0.3 is 9.47 Å². The first-order valence-electron chi connectivity index (χ1n) is 7.68. The van der Waals surface area contributed by atoms with Crippen LogP contribution in [0.4, 0.5) is 0 Å². The average molecular weight is 276 g/mol. The predicted molar refractivity (Wildman–Crippen MR) is 78.4 cm³/mol. The predicted octanol–water partition coefficient (Wildman–Crippen LogP) is 4.03. The molecule has 2 rings (SSSR count). The average Bonchev–Trinajstić information content (AvgIpc) is 2.74. The number of esters is 1. The van der Waals surface area contributed by atoms with Crippen molar-refractivity contribution < 1.29 is 14.3 Å². The van der Waals surface area contributed by atoms with Crippen molar-refractivity contribution in [2.45, 2.75) is 57.7 Å². The molecule has 0 N–H and O–H groups in total. The van der Waals surface area contributed by atoms with Crippen molar-refractivity contribution in [3.8, 4) is 0 Å². The summed E-state index contributed by atoms with van der Waals surface area (Å²) in [4.78, 5) is 12.2. The highest BCUT2D eigenvalue weighted by atomic mass is 16.6. The van der Waals surface area contributed by atoms with E-state index < -0.39 is 6.10 Å². The van der Waals surface area contributed by atoms with Crippen LogP contribution in [0.1, 0.15) is 57.1 Å². The molecule has 0 heterocycles. The number of benzene rings is 1.